The average Bonchev–Trinajstić information content (AvgIpc) is 2.13. The molecule has 0 saturated heterocycles. The maximum atomic E-state index is 5.84. The standard InChI is InChI=1S/C9H13BrClN3/c1-3-4-6(2)14-9-7(10)8(11)12-5-13-9/h5-6H,3-4H2,1-2H3,(H,12,13,14). The number of halogens is 2. The Labute approximate surface area is 97.4 Å². The van der Waals surface area contributed by atoms with Crippen LogP contribution in [0, 0.1) is 0 Å². The lowest BCUT2D eigenvalue weighted by molar-refractivity contribution is 0.686. The van der Waals surface area contributed by atoms with E-state index in [9.17, 15) is 0 Å². The summed E-state index contributed by atoms with van der Waals surface area (Å²) in [5.41, 5.74) is 0. The fraction of sp³-hybridized carbons (Fsp3) is 0.556. The van der Waals surface area contributed by atoms with E-state index in [1.807, 2.05) is 0 Å². The Hall–Kier alpha value is -0.350. The summed E-state index contributed by atoms with van der Waals surface area (Å²) in [6.45, 7) is 4.27. The van der Waals surface area contributed by atoms with Crippen molar-refractivity contribution >= 4 is 33.3 Å². The Balaban J connectivity index is 2.71. The van der Waals surface area contributed by atoms with Crippen LogP contribution in [0.1, 0.15) is 26.7 Å². The van der Waals surface area contributed by atoms with Crippen LogP contribution >= 0.6 is 27.5 Å². The normalized spacial score (nSPS) is 12.6. The zero-order valence-corrected chi connectivity index (χ0v) is 10.6. The molecule has 1 unspecified atom stereocenters. The number of hydrogen-bond donors (Lipinski definition) is 1. The number of hydrogen-bond acceptors (Lipinski definition) is 3. The van der Waals surface area contributed by atoms with Crippen LogP contribution in [0.3, 0.4) is 0 Å². The van der Waals surface area contributed by atoms with Crippen molar-refractivity contribution in [3.05, 3.63) is 16.0 Å². The fourth-order valence-electron chi connectivity index (χ4n) is 1.19. The zero-order chi connectivity index (χ0) is 10.6. The summed E-state index contributed by atoms with van der Waals surface area (Å²) in [5, 5.41) is 3.71. The Morgan fingerprint density at radius 1 is 1.57 bits per heavy atom. The van der Waals surface area contributed by atoms with Crippen LogP contribution in [0.25, 0.3) is 0 Å². The third kappa shape index (κ3) is 3.10. The summed E-state index contributed by atoms with van der Waals surface area (Å²) in [6.07, 6.45) is 3.70. The molecule has 3 nitrogen and oxygen atoms in total. The molecule has 0 saturated carbocycles. The Morgan fingerprint density at radius 3 is 2.93 bits per heavy atom. The molecule has 1 aromatic heterocycles. The second-order valence-corrected chi connectivity index (χ2v) is 4.31. The second-order valence-electron chi connectivity index (χ2n) is 3.16. The van der Waals surface area contributed by atoms with Crippen molar-refractivity contribution in [1.29, 1.82) is 0 Å². The van der Waals surface area contributed by atoms with E-state index in [0.717, 1.165) is 23.1 Å². The van der Waals surface area contributed by atoms with Crippen molar-refractivity contribution in [3.8, 4) is 0 Å². The van der Waals surface area contributed by atoms with E-state index in [0.29, 0.717) is 11.2 Å². The van der Waals surface area contributed by atoms with E-state index in [1.165, 1.54) is 6.33 Å². The van der Waals surface area contributed by atoms with Gasteiger partial charge in [0.25, 0.3) is 0 Å². The highest BCUT2D eigenvalue weighted by atomic mass is 79.9. The quantitative estimate of drug-likeness (QED) is 0.857. The van der Waals surface area contributed by atoms with Crippen LogP contribution in [-0.2, 0) is 0 Å². The summed E-state index contributed by atoms with van der Waals surface area (Å²) >= 11 is 9.18. The van der Waals surface area contributed by atoms with Gasteiger partial charge < -0.3 is 5.32 Å². The molecular weight excluding hydrogens is 265 g/mol. The topological polar surface area (TPSA) is 37.8 Å². The van der Waals surface area contributed by atoms with Crippen LogP contribution in [-0.4, -0.2) is 16.0 Å². The van der Waals surface area contributed by atoms with Gasteiger partial charge >= 0.3 is 0 Å². The van der Waals surface area contributed by atoms with Crippen molar-refractivity contribution in [2.24, 2.45) is 0 Å². The minimum absolute atomic E-state index is 0.391. The summed E-state index contributed by atoms with van der Waals surface area (Å²) in [4.78, 5) is 7.97. The lowest BCUT2D eigenvalue weighted by Crippen LogP contribution is -2.16. The highest BCUT2D eigenvalue weighted by molar-refractivity contribution is 9.10. The molecule has 0 fully saturated rings. The van der Waals surface area contributed by atoms with Crippen molar-refractivity contribution in [2.75, 3.05) is 5.32 Å². The molecule has 5 heteroatoms. The van der Waals surface area contributed by atoms with Crippen LogP contribution in [0.15, 0.2) is 10.8 Å². The van der Waals surface area contributed by atoms with Gasteiger partial charge in [-0.2, -0.15) is 0 Å². The van der Waals surface area contributed by atoms with E-state index < -0.39 is 0 Å². The average molecular weight is 279 g/mol. The maximum Gasteiger partial charge on any atom is 0.148 e. The summed E-state index contributed by atoms with van der Waals surface area (Å²) < 4.78 is 0.726. The van der Waals surface area contributed by atoms with Gasteiger partial charge in [0.05, 0.1) is 4.47 Å². The SMILES string of the molecule is CCCC(C)Nc1ncnc(Cl)c1Br. The third-order valence-corrected chi connectivity index (χ3v) is 3.12. The molecule has 0 spiro atoms. The van der Waals surface area contributed by atoms with Gasteiger partial charge in [0.15, 0.2) is 0 Å². The number of anilines is 1. The van der Waals surface area contributed by atoms with E-state index in [2.05, 4.69) is 45.1 Å². The summed E-state index contributed by atoms with van der Waals surface area (Å²) in [6, 6.07) is 0.391. The number of aromatic nitrogens is 2. The largest absolute Gasteiger partial charge is 0.367 e. The van der Waals surface area contributed by atoms with Gasteiger partial charge in [0, 0.05) is 6.04 Å². The third-order valence-electron chi connectivity index (χ3n) is 1.85. The molecule has 0 aromatic carbocycles. The second kappa shape index (κ2) is 5.51. The summed E-state index contributed by atoms with van der Waals surface area (Å²) in [7, 11) is 0. The van der Waals surface area contributed by atoms with Gasteiger partial charge in [-0.3, -0.25) is 0 Å². The first-order valence-corrected chi connectivity index (χ1v) is 5.74. The lowest BCUT2D eigenvalue weighted by Gasteiger charge is -2.14. The van der Waals surface area contributed by atoms with E-state index in [1.54, 1.807) is 0 Å². The van der Waals surface area contributed by atoms with Gasteiger partial charge in [-0.25, -0.2) is 9.97 Å². The maximum absolute atomic E-state index is 5.84. The molecule has 1 atom stereocenters. The fourth-order valence-corrected chi connectivity index (χ4v) is 1.64. The molecule has 1 N–H and O–H groups in total. The van der Waals surface area contributed by atoms with Crippen LogP contribution in [0.2, 0.25) is 5.15 Å². The first kappa shape index (κ1) is 11.7. The van der Waals surface area contributed by atoms with Crippen molar-refractivity contribution in [2.45, 2.75) is 32.7 Å². The smallest absolute Gasteiger partial charge is 0.148 e. The van der Waals surface area contributed by atoms with Gasteiger partial charge in [-0.05, 0) is 29.3 Å². The Morgan fingerprint density at radius 2 is 2.29 bits per heavy atom. The Kier molecular flexibility index (Phi) is 4.62. The van der Waals surface area contributed by atoms with Gasteiger partial charge in [0.2, 0.25) is 0 Å². The Bertz CT molecular complexity index is 306. The van der Waals surface area contributed by atoms with Crippen LogP contribution in [0.5, 0.6) is 0 Å². The molecule has 0 aliphatic carbocycles. The molecule has 78 valence electrons. The number of nitrogens with one attached hydrogen (secondary N) is 1. The molecule has 1 aromatic rings. The van der Waals surface area contributed by atoms with Crippen molar-refractivity contribution in [3.63, 3.8) is 0 Å². The predicted molar refractivity (Wildman–Crippen MR) is 62.7 cm³/mol. The number of rotatable bonds is 4. The first-order chi connectivity index (χ1) is 6.65. The molecule has 0 radical (unpaired) electrons. The van der Waals surface area contributed by atoms with Crippen molar-refractivity contribution < 1.29 is 0 Å². The molecule has 0 amide bonds. The molecule has 0 aliphatic heterocycles. The molecule has 0 aliphatic rings. The summed E-state index contributed by atoms with van der Waals surface area (Å²) in [5.74, 6) is 0.756. The minimum atomic E-state index is 0.391. The molecule has 1 rings (SSSR count). The minimum Gasteiger partial charge on any atom is -0.367 e. The van der Waals surface area contributed by atoms with Gasteiger partial charge in [-0.1, -0.05) is 24.9 Å². The molecule has 0 bridgehead atoms. The van der Waals surface area contributed by atoms with Gasteiger partial charge in [0.1, 0.15) is 17.3 Å². The zero-order valence-electron chi connectivity index (χ0n) is 8.22. The van der Waals surface area contributed by atoms with E-state index >= 15 is 0 Å². The van der Waals surface area contributed by atoms with E-state index in [4.69, 9.17) is 11.6 Å². The predicted octanol–water partition coefficient (Wildman–Crippen LogP) is 3.49. The van der Waals surface area contributed by atoms with Crippen LogP contribution < -0.4 is 5.32 Å². The lowest BCUT2D eigenvalue weighted by atomic mass is 10.2. The monoisotopic (exact) mass is 277 g/mol. The van der Waals surface area contributed by atoms with Gasteiger partial charge in [-0.15, -0.1) is 0 Å². The molecular formula is C9H13BrClN3. The highest BCUT2D eigenvalue weighted by Crippen LogP contribution is 2.26. The molecule has 14 heavy (non-hydrogen) atoms. The van der Waals surface area contributed by atoms with Crippen LogP contribution in [0.4, 0.5) is 5.82 Å². The van der Waals surface area contributed by atoms with E-state index in [-0.39, 0.29) is 0 Å². The molecule has 1 heterocycles. The highest BCUT2D eigenvalue weighted by Gasteiger charge is 2.08. The van der Waals surface area contributed by atoms with Crippen molar-refractivity contribution in [1.82, 2.24) is 9.97 Å². The first-order valence-electron chi connectivity index (χ1n) is 4.57. The number of nitrogens with zero attached hydrogens (tertiary/aromatic N) is 2.